The molecule has 33 heavy (non-hydrogen) atoms. The number of nitro groups is 1. The molecule has 2 aromatic carbocycles. The Morgan fingerprint density at radius 3 is 2.52 bits per heavy atom. The first-order valence-electron chi connectivity index (χ1n) is 9.56. The smallest absolute Gasteiger partial charge is 0.340 e. The van der Waals surface area contributed by atoms with Crippen molar-refractivity contribution in [2.45, 2.75) is 13.8 Å². The first-order chi connectivity index (χ1) is 15.6. The number of nitrogens with one attached hydrogen (secondary N) is 1. The van der Waals surface area contributed by atoms with E-state index in [0.717, 1.165) is 11.8 Å². The molecule has 9 nitrogen and oxygen atoms in total. The second-order valence-electron chi connectivity index (χ2n) is 6.98. The Morgan fingerprint density at radius 1 is 1.12 bits per heavy atom. The van der Waals surface area contributed by atoms with Crippen LogP contribution in [-0.2, 0) is 9.53 Å². The van der Waals surface area contributed by atoms with Crippen molar-refractivity contribution in [2.75, 3.05) is 19.0 Å². The van der Waals surface area contributed by atoms with Gasteiger partial charge in [-0.1, -0.05) is 23.2 Å². The van der Waals surface area contributed by atoms with Gasteiger partial charge in [0.15, 0.2) is 6.61 Å². The van der Waals surface area contributed by atoms with Gasteiger partial charge in [-0.05, 0) is 44.2 Å². The van der Waals surface area contributed by atoms with Crippen LogP contribution in [0.4, 0.5) is 11.4 Å². The summed E-state index contributed by atoms with van der Waals surface area (Å²) in [6, 6.07) is 10.4. The molecule has 0 atom stereocenters. The lowest BCUT2D eigenvalue weighted by Crippen LogP contribution is -2.21. The van der Waals surface area contributed by atoms with Crippen LogP contribution in [0.1, 0.15) is 21.7 Å². The summed E-state index contributed by atoms with van der Waals surface area (Å²) in [5.41, 5.74) is 2.01. The van der Waals surface area contributed by atoms with Crippen molar-refractivity contribution < 1.29 is 24.0 Å². The fourth-order valence-electron chi connectivity index (χ4n) is 3.30. The van der Waals surface area contributed by atoms with Gasteiger partial charge >= 0.3 is 5.97 Å². The van der Waals surface area contributed by atoms with Crippen molar-refractivity contribution in [3.63, 3.8) is 0 Å². The van der Waals surface area contributed by atoms with Gasteiger partial charge in [-0.3, -0.25) is 14.9 Å². The fourth-order valence-corrected chi connectivity index (χ4v) is 3.63. The largest absolute Gasteiger partial charge is 0.495 e. The standard InChI is InChI=1S/C22H19Cl2N3O6/c1-12-8-16(13(2)26(12)19-9-14(23)4-7-20(19)32-3)22(29)33-11-21(28)25-18-10-15(27(30)31)5-6-17(18)24/h4-10H,11H2,1-3H3,(H,25,28). The van der Waals surface area contributed by atoms with Crippen LogP contribution in [0.3, 0.4) is 0 Å². The zero-order valence-electron chi connectivity index (χ0n) is 17.8. The van der Waals surface area contributed by atoms with Crippen molar-refractivity contribution >= 4 is 46.5 Å². The van der Waals surface area contributed by atoms with Gasteiger partial charge < -0.3 is 19.4 Å². The van der Waals surface area contributed by atoms with E-state index in [1.807, 2.05) is 0 Å². The van der Waals surface area contributed by atoms with Gasteiger partial charge in [-0.15, -0.1) is 0 Å². The molecule has 0 fully saturated rings. The maximum Gasteiger partial charge on any atom is 0.340 e. The van der Waals surface area contributed by atoms with Gasteiger partial charge in [-0.25, -0.2) is 4.79 Å². The molecule has 1 amide bonds. The molecule has 1 N–H and O–H groups in total. The molecule has 1 heterocycles. The first kappa shape index (κ1) is 24.1. The number of rotatable bonds is 7. The van der Waals surface area contributed by atoms with E-state index in [1.54, 1.807) is 42.7 Å². The number of amides is 1. The predicted octanol–water partition coefficient (Wildman–Crippen LogP) is 5.11. The van der Waals surface area contributed by atoms with Crippen molar-refractivity contribution in [3.05, 3.63) is 79.6 Å². The number of esters is 1. The van der Waals surface area contributed by atoms with E-state index in [-0.39, 0.29) is 22.0 Å². The number of nitrogens with zero attached hydrogens (tertiary/aromatic N) is 2. The monoisotopic (exact) mass is 491 g/mol. The van der Waals surface area contributed by atoms with E-state index in [4.69, 9.17) is 32.7 Å². The number of halogens is 2. The molecule has 0 aliphatic heterocycles. The van der Waals surface area contributed by atoms with Crippen LogP contribution >= 0.6 is 23.2 Å². The number of hydrogen-bond acceptors (Lipinski definition) is 6. The summed E-state index contributed by atoms with van der Waals surface area (Å²) in [6.45, 7) is 2.93. The first-order valence-corrected chi connectivity index (χ1v) is 10.3. The average molecular weight is 492 g/mol. The molecule has 0 aliphatic carbocycles. The molecule has 0 spiro atoms. The number of benzene rings is 2. The van der Waals surface area contributed by atoms with Crippen LogP contribution < -0.4 is 10.1 Å². The van der Waals surface area contributed by atoms with Crippen molar-refractivity contribution in [1.29, 1.82) is 0 Å². The number of carbonyl (C=O) groups excluding carboxylic acids is 2. The lowest BCUT2D eigenvalue weighted by Gasteiger charge is -2.14. The topological polar surface area (TPSA) is 113 Å². The number of carbonyl (C=O) groups is 2. The van der Waals surface area contributed by atoms with E-state index < -0.39 is 23.4 Å². The number of hydrogen-bond donors (Lipinski definition) is 1. The minimum atomic E-state index is -0.712. The second-order valence-corrected chi connectivity index (χ2v) is 7.83. The Hall–Kier alpha value is -3.56. The Balaban J connectivity index is 1.75. The van der Waals surface area contributed by atoms with Gasteiger partial charge in [0.05, 0.1) is 34.0 Å². The van der Waals surface area contributed by atoms with Crippen molar-refractivity contribution in [2.24, 2.45) is 0 Å². The number of non-ortho nitro benzene ring substituents is 1. The van der Waals surface area contributed by atoms with Crippen LogP contribution in [0.2, 0.25) is 10.0 Å². The number of aryl methyl sites for hydroxylation is 1. The van der Waals surface area contributed by atoms with Gasteiger partial charge in [0, 0.05) is 28.5 Å². The summed E-state index contributed by atoms with van der Waals surface area (Å²) in [7, 11) is 1.53. The molecule has 0 saturated heterocycles. The molecule has 1 aromatic heterocycles. The van der Waals surface area contributed by atoms with E-state index in [9.17, 15) is 19.7 Å². The van der Waals surface area contributed by atoms with Crippen LogP contribution in [0.25, 0.3) is 5.69 Å². The highest BCUT2D eigenvalue weighted by Gasteiger charge is 2.21. The van der Waals surface area contributed by atoms with Gasteiger partial charge in [0.2, 0.25) is 0 Å². The lowest BCUT2D eigenvalue weighted by molar-refractivity contribution is -0.384. The fraction of sp³-hybridized carbons (Fsp3) is 0.182. The quantitative estimate of drug-likeness (QED) is 0.279. The highest BCUT2D eigenvalue weighted by atomic mass is 35.5. The minimum Gasteiger partial charge on any atom is -0.495 e. The molecule has 0 bridgehead atoms. The maximum absolute atomic E-state index is 12.7. The summed E-state index contributed by atoms with van der Waals surface area (Å²) in [5, 5.41) is 13.9. The van der Waals surface area contributed by atoms with E-state index in [0.29, 0.717) is 22.2 Å². The number of nitro benzene ring substituents is 1. The van der Waals surface area contributed by atoms with Crippen LogP contribution in [0, 0.1) is 24.0 Å². The number of aromatic nitrogens is 1. The van der Waals surface area contributed by atoms with Gasteiger partial charge in [-0.2, -0.15) is 0 Å². The Bertz CT molecular complexity index is 1260. The second kappa shape index (κ2) is 9.93. The summed E-state index contributed by atoms with van der Waals surface area (Å²) in [4.78, 5) is 35.2. The Labute approximate surface area is 199 Å². The molecule has 0 radical (unpaired) electrons. The molecule has 0 aliphatic rings. The Kier molecular flexibility index (Phi) is 7.25. The summed E-state index contributed by atoms with van der Waals surface area (Å²) in [5.74, 6) is -0.846. The van der Waals surface area contributed by atoms with E-state index in [2.05, 4.69) is 5.32 Å². The summed E-state index contributed by atoms with van der Waals surface area (Å²) < 4.78 is 12.3. The number of methoxy groups -OCH3 is 1. The third-order valence-corrected chi connectivity index (χ3v) is 5.37. The van der Waals surface area contributed by atoms with E-state index >= 15 is 0 Å². The van der Waals surface area contributed by atoms with Crippen LogP contribution in [0.5, 0.6) is 5.75 Å². The molecule has 3 aromatic rings. The molecule has 172 valence electrons. The summed E-state index contributed by atoms with van der Waals surface area (Å²) >= 11 is 12.1. The SMILES string of the molecule is COc1ccc(Cl)cc1-n1c(C)cc(C(=O)OCC(=O)Nc2cc([N+](=O)[O-])ccc2Cl)c1C. The van der Waals surface area contributed by atoms with Gasteiger partial charge in [0.25, 0.3) is 11.6 Å². The third-order valence-electron chi connectivity index (χ3n) is 4.80. The molecular formula is C22H19Cl2N3O6. The summed E-state index contributed by atoms with van der Waals surface area (Å²) in [6.07, 6.45) is 0. The van der Waals surface area contributed by atoms with Gasteiger partial charge in [0.1, 0.15) is 5.75 Å². The normalized spacial score (nSPS) is 10.6. The van der Waals surface area contributed by atoms with Crippen LogP contribution in [-0.4, -0.2) is 35.1 Å². The van der Waals surface area contributed by atoms with Crippen molar-refractivity contribution in [3.8, 4) is 11.4 Å². The van der Waals surface area contributed by atoms with Crippen molar-refractivity contribution in [1.82, 2.24) is 4.57 Å². The van der Waals surface area contributed by atoms with Crippen LogP contribution in [0.15, 0.2) is 42.5 Å². The number of ether oxygens (including phenoxy) is 2. The number of anilines is 1. The average Bonchev–Trinajstić information content (AvgIpc) is 3.07. The molecule has 0 unspecified atom stereocenters. The highest BCUT2D eigenvalue weighted by molar-refractivity contribution is 6.33. The molecule has 0 saturated carbocycles. The Morgan fingerprint density at radius 2 is 1.85 bits per heavy atom. The molecule has 11 heteroatoms. The lowest BCUT2D eigenvalue weighted by atomic mass is 10.2. The van der Waals surface area contributed by atoms with E-state index in [1.165, 1.54) is 19.2 Å². The maximum atomic E-state index is 12.7. The zero-order chi connectivity index (χ0) is 24.3. The minimum absolute atomic E-state index is 0.0399. The predicted molar refractivity (Wildman–Crippen MR) is 124 cm³/mol. The highest BCUT2D eigenvalue weighted by Crippen LogP contribution is 2.31. The molecule has 3 rings (SSSR count). The molecular weight excluding hydrogens is 473 g/mol. The third kappa shape index (κ3) is 5.27. The zero-order valence-corrected chi connectivity index (χ0v) is 19.4.